The average molecular weight is 204 g/mol. The number of rotatable bonds is 6. The molecule has 0 aromatic heterocycles. The molecule has 0 spiro atoms. The highest BCUT2D eigenvalue weighted by molar-refractivity contribution is 7.61. The summed E-state index contributed by atoms with van der Waals surface area (Å²) in [6.07, 6.45) is 2.98. The second-order valence-electron chi connectivity index (χ2n) is 3.01. The van der Waals surface area contributed by atoms with Crippen molar-refractivity contribution in [2.45, 2.75) is 26.2 Å². The van der Waals surface area contributed by atoms with Crippen molar-refractivity contribution in [1.82, 2.24) is 4.67 Å². The first kappa shape index (κ1) is 12.6. The Morgan fingerprint density at radius 3 is 2.46 bits per heavy atom. The third-order valence-electron chi connectivity index (χ3n) is 1.67. The molecule has 0 bridgehead atoms. The molecule has 0 radical (unpaired) electrons. The fourth-order valence-corrected chi connectivity index (χ4v) is 1.62. The molecule has 0 amide bonds. The topological polar surface area (TPSA) is 53.3 Å². The molecular formula is C8H17N2O2P. The van der Waals surface area contributed by atoms with Gasteiger partial charge >= 0.3 is 7.52 Å². The summed E-state index contributed by atoms with van der Waals surface area (Å²) >= 11 is 0. The zero-order valence-electron chi connectivity index (χ0n) is 8.49. The highest BCUT2D eigenvalue weighted by Gasteiger charge is 2.25. The summed E-state index contributed by atoms with van der Waals surface area (Å²) < 4.78 is 18.0. The van der Waals surface area contributed by atoms with Crippen LogP contribution in [0, 0.1) is 11.1 Å². The Bertz CT molecular complexity index is 223. The Kier molecular flexibility index (Phi) is 5.98. The van der Waals surface area contributed by atoms with Gasteiger partial charge in [0.05, 0.1) is 6.61 Å². The summed E-state index contributed by atoms with van der Waals surface area (Å²) in [7, 11) is 0.000754. The minimum absolute atomic E-state index is 0.400. The van der Waals surface area contributed by atoms with Gasteiger partial charge in [-0.2, -0.15) is 5.26 Å². The van der Waals surface area contributed by atoms with Crippen LogP contribution in [0.3, 0.4) is 0 Å². The summed E-state index contributed by atoms with van der Waals surface area (Å²) in [6, 6.07) is 0. The lowest BCUT2D eigenvalue weighted by atomic mass is 10.3. The second kappa shape index (κ2) is 6.15. The first-order valence-electron chi connectivity index (χ1n) is 4.40. The first-order chi connectivity index (χ1) is 6.06. The predicted octanol–water partition coefficient (Wildman–Crippen LogP) is 2.43. The summed E-state index contributed by atoms with van der Waals surface area (Å²) in [6.45, 7) is 2.48. The number of hydrogen-bond acceptors (Lipinski definition) is 3. The lowest BCUT2D eigenvalue weighted by molar-refractivity contribution is 0.282. The minimum Gasteiger partial charge on any atom is -0.307 e. The molecular weight excluding hydrogens is 187 g/mol. The summed E-state index contributed by atoms with van der Waals surface area (Å²) in [4.78, 5) is 0. The van der Waals surface area contributed by atoms with Crippen LogP contribution >= 0.6 is 7.52 Å². The van der Waals surface area contributed by atoms with Crippen molar-refractivity contribution in [3.8, 4) is 5.81 Å². The molecule has 1 unspecified atom stereocenters. The number of hydrogen-bond donors (Lipinski definition) is 0. The number of nitriles is 1. The van der Waals surface area contributed by atoms with Gasteiger partial charge in [0.15, 0.2) is 5.81 Å². The Balaban J connectivity index is 3.88. The molecule has 1 atom stereocenters. The van der Waals surface area contributed by atoms with E-state index in [4.69, 9.17) is 9.79 Å². The Morgan fingerprint density at radius 1 is 1.46 bits per heavy atom. The van der Waals surface area contributed by atoms with Crippen LogP contribution in [0.5, 0.6) is 0 Å². The van der Waals surface area contributed by atoms with Gasteiger partial charge in [-0.15, -0.1) is 0 Å². The van der Waals surface area contributed by atoms with Crippen LogP contribution in [-0.2, 0) is 9.09 Å². The van der Waals surface area contributed by atoms with E-state index in [1.165, 1.54) is 4.67 Å². The van der Waals surface area contributed by atoms with Crippen molar-refractivity contribution in [3.05, 3.63) is 0 Å². The van der Waals surface area contributed by atoms with E-state index in [1.54, 1.807) is 19.9 Å². The van der Waals surface area contributed by atoms with Crippen molar-refractivity contribution < 1.29 is 9.09 Å². The van der Waals surface area contributed by atoms with Crippen molar-refractivity contribution in [2.75, 3.05) is 20.7 Å². The number of unbranched alkanes of at least 4 members (excludes halogenated alkanes) is 2. The van der Waals surface area contributed by atoms with E-state index in [1.807, 2.05) is 0 Å². The van der Waals surface area contributed by atoms with Gasteiger partial charge in [0.25, 0.3) is 0 Å². The van der Waals surface area contributed by atoms with Crippen LogP contribution in [0.15, 0.2) is 0 Å². The second-order valence-corrected chi connectivity index (χ2v) is 5.31. The normalized spacial score (nSPS) is 15.3. The molecule has 0 saturated carbocycles. The molecule has 0 fully saturated rings. The zero-order chi connectivity index (χ0) is 10.3. The van der Waals surface area contributed by atoms with Crippen molar-refractivity contribution in [2.24, 2.45) is 0 Å². The predicted molar refractivity (Wildman–Crippen MR) is 52.4 cm³/mol. The molecule has 0 heterocycles. The van der Waals surface area contributed by atoms with Crippen LogP contribution in [0.4, 0.5) is 0 Å². The molecule has 0 saturated heterocycles. The molecule has 0 aromatic rings. The van der Waals surface area contributed by atoms with E-state index in [-0.39, 0.29) is 0 Å². The summed E-state index contributed by atoms with van der Waals surface area (Å²) in [5.41, 5.74) is 0. The molecule has 0 aliphatic heterocycles. The quantitative estimate of drug-likeness (QED) is 0.492. The summed E-state index contributed by atoms with van der Waals surface area (Å²) in [5.74, 6) is 1.71. The molecule has 0 N–H and O–H groups in total. The van der Waals surface area contributed by atoms with E-state index in [2.05, 4.69) is 6.92 Å². The SMILES string of the molecule is CCCCCOP(=O)(C#N)N(C)C. The van der Waals surface area contributed by atoms with Crippen molar-refractivity contribution >= 4 is 7.52 Å². The van der Waals surface area contributed by atoms with Gasteiger partial charge in [0.2, 0.25) is 0 Å². The molecule has 76 valence electrons. The van der Waals surface area contributed by atoms with Gasteiger partial charge in [-0.1, -0.05) is 19.8 Å². The van der Waals surface area contributed by atoms with Gasteiger partial charge in [0.1, 0.15) is 0 Å². The standard InChI is InChI=1S/C8H17N2O2P/c1-4-5-6-7-12-13(11,8-9)10(2)3/h4-7H2,1-3H3. The fraction of sp³-hybridized carbons (Fsp3) is 0.875. The van der Waals surface area contributed by atoms with Crippen LogP contribution in [0.25, 0.3) is 0 Å². The zero-order valence-corrected chi connectivity index (χ0v) is 9.38. The highest BCUT2D eigenvalue weighted by Crippen LogP contribution is 2.47. The third-order valence-corrected chi connectivity index (χ3v) is 3.51. The lowest BCUT2D eigenvalue weighted by Crippen LogP contribution is -2.09. The van der Waals surface area contributed by atoms with Gasteiger partial charge in [-0.3, -0.25) is 4.57 Å². The Labute approximate surface area is 80.0 Å². The van der Waals surface area contributed by atoms with Crippen LogP contribution in [-0.4, -0.2) is 25.4 Å². The van der Waals surface area contributed by atoms with E-state index in [9.17, 15) is 4.57 Å². The van der Waals surface area contributed by atoms with Gasteiger partial charge in [0, 0.05) is 0 Å². The van der Waals surface area contributed by atoms with Crippen LogP contribution in [0.1, 0.15) is 26.2 Å². The van der Waals surface area contributed by atoms with Gasteiger partial charge < -0.3 is 4.52 Å². The maximum atomic E-state index is 11.6. The number of nitrogens with zero attached hydrogens (tertiary/aromatic N) is 2. The van der Waals surface area contributed by atoms with E-state index < -0.39 is 7.52 Å². The van der Waals surface area contributed by atoms with Crippen LogP contribution in [0.2, 0.25) is 0 Å². The maximum Gasteiger partial charge on any atom is 0.370 e. The Hall–Kier alpha value is -0.360. The monoisotopic (exact) mass is 204 g/mol. The lowest BCUT2D eigenvalue weighted by Gasteiger charge is -2.16. The molecule has 0 rings (SSSR count). The molecule has 5 heteroatoms. The van der Waals surface area contributed by atoms with Gasteiger partial charge in [-0.05, 0) is 20.5 Å². The highest BCUT2D eigenvalue weighted by atomic mass is 31.2. The largest absolute Gasteiger partial charge is 0.370 e. The van der Waals surface area contributed by atoms with E-state index >= 15 is 0 Å². The molecule has 4 nitrogen and oxygen atoms in total. The minimum atomic E-state index is -3.17. The first-order valence-corrected chi connectivity index (χ1v) is 5.98. The van der Waals surface area contributed by atoms with Crippen LogP contribution < -0.4 is 0 Å². The van der Waals surface area contributed by atoms with Crippen molar-refractivity contribution in [1.29, 1.82) is 5.26 Å². The Morgan fingerprint density at radius 2 is 2.08 bits per heavy atom. The van der Waals surface area contributed by atoms with Crippen molar-refractivity contribution in [3.63, 3.8) is 0 Å². The summed E-state index contributed by atoms with van der Waals surface area (Å²) in [5, 5.41) is 8.63. The maximum absolute atomic E-state index is 11.6. The third kappa shape index (κ3) is 4.42. The smallest absolute Gasteiger partial charge is 0.307 e. The molecule has 0 aliphatic rings. The van der Waals surface area contributed by atoms with Gasteiger partial charge in [-0.25, -0.2) is 4.67 Å². The van der Waals surface area contributed by atoms with E-state index in [0.29, 0.717) is 6.61 Å². The fourth-order valence-electron chi connectivity index (χ4n) is 0.774. The molecule has 0 aliphatic carbocycles. The molecule has 0 aromatic carbocycles. The average Bonchev–Trinajstić information content (AvgIpc) is 2.12. The van der Waals surface area contributed by atoms with E-state index in [0.717, 1.165) is 19.3 Å². The molecule has 13 heavy (non-hydrogen) atoms.